The maximum Gasteiger partial charge on any atom is 0.118 e. The molecule has 0 bridgehead atoms. The van der Waals surface area contributed by atoms with E-state index in [9.17, 15) is 0 Å². The molecule has 0 radical (unpaired) electrons. The highest BCUT2D eigenvalue weighted by Crippen LogP contribution is 2.36. The molecule has 51 heavy (non-hydrogen) atoms. The van der Waals surface area contributed by atoms with Crippen LogP contribution < -0.4 is 14.4 Å². The van der Waals surface area contributed by atoms with Crippen molar-refractivity contribution in [2.45, 2.75) is 0 Å². The van der Waals surface area contributed by atoms with E-state index in [1.54, 1.807) is 14.2 Å². The zero-order valence-electron chi connectivity index (χ0n) is 28.8. The van der Waals surface area contributed by atoms with E-state index in [1.807, 2.05) is 36.4 Å². The molecule has 7 rings (SSSR count). The molecule has 248 valence electrons. The highest BCUT2D eigenvalue weighted by atomic mass is 16.5. The van der Waals surface area contributed by atoms with Crippen LogP contribution in [0.4, 0.5) is 17.1 Å². The topological polar surface area (TPSA) is 21.7 Å². The Kier molecular flexibility index (Phi) is 10.2. The summed E-state index contributed by atoms with van der Waals surface area (Å²) in [5.74, 6) is 1.68. The lowest BCUT2D eigenvalue weighted by Crippen LogP contribution is -2.09. The van der Waals surface area contributed by atoms with Crippen LogP contribution in [0.25, 0.3) is 23.3 Å². The first-order valence-electron chi connectivity index (χ1n) is 17.1. The zero-order chi connectivity index (χ0) is 34.8. The quantitative estimate of drug-likeness (QED) is 0.129. The summed E-state index contributed by atoms with van der Waals surface area (Å²) in [6.45, 7) is 0. The summed E-state index contributed by atoms with van der Waals surface area (Å²) in [4.78, 5) is 2.30. The van der Waals surface area contributed by atoms with Crippen molar-refractivity contribution >= 4 is 40.4 Å². The number of hydrogen-bond acceptors (Lipinski definition) is 3. The van der Waals surface area contributed by atoms with E-state index in [0.29, 0.717) is 0 Å². The van der Waals surface area contributed by atoms with Gasteiger partial charge in [-0.15, -0.1) is 0 Å². The van der Waals surface area contributed by atoms with Crippen molar-refractivity contribution in [2.75, 3.05) is 19.1 Å². The molecule has 3 nitrogen and oxygen atoms in total. The lowest BCUT2D eigenvalue weighted by molar-refractivity contribution is 0.414. The number of benzene rings is 7. The third-order valence-electron chi connectivity index (χ3n) is 8.91. The number of para-hydroxylation sites is 1. The van der Waals surface area contributed by atoms with Crippen molar-refractivity contribution in [2.24, 2.45) is 0 Å². The molecule has 0 aliphatic carbocycles. The van der Waals surface area contributed by atoms with Crippen LogP contribution in [0.5, 0.6) is 11.5 Å². The number of methoxy groups -OCH3 is 2. The third-order valence-corrected chi connectivity index (χ3v) is 8.91. The van der Waals surface area contributed by atoms with E-state index in [1.165, 1.54) is 0 Å². The molecule has 0 aliphatic heterocycles. The first kappa shape index (κ1) is 32.9. The first-order valence-corrected chi connectivity index (χ1v) is 17.1. The molecule has 0 saturated heterocycles. The van der Waals surface area contributed by atoms with Gasteiger partial charge in [-0.2, -0.15) is 0 Å². The summed E-state index contributed by atoms with van der Waals surface area (Å²) in [6.07, 6.45) is 4.50. The summed E-state index contributed by atoms with van der Waals surface area (Å²) in [7, 11) is 3.39. The van der Waals surface area contributed by atoms with Crippen LogP contribution in [0.3, 0.4) is 0 Å². The Morgan fingerprint density at radius 1 is 0.353 bits per heavy atom. The van der Waals surface area contributed by atoms with Crippen LogP contribution >= 0.6 is 0 Å². The van der Waals surface area contributed by atoms with Crippen molar-refractivity contribution in [3.63, 3.8) is 0 Å². The number of anilines is 3. The molecule has 0 saturated carbocycles. The summed E-state index contributed by atoms with van der Waals surface area (Å²) in [5, 5.41) is 0. The molecule has 0 aliphatic rings. The van der Waals surface area contributed by atoms with Gasteiger partial charge in [-0.05, 0) is 117 Å². The van der Waals surface area contributed by atoms with Crippen LogP contribution in [-0.4, -0.2) is 14.2 Å². The Morgan fingerprint density at radius 2 is 0.667 bits per heavy atom. The van der Waals surface area contributed by atoms with Crippen LogP contribution in [-0.2, 0) is 0 Å². The minimum Gasteiger partial charge on any atom is -0.497 e. The van der Waals surface area contributed by atoms with E-state index >= 15 is 0 Å². The smallest absolute Gasteiger partial charge is 0.118 e. The number of rotatable bonds is 11. The molecular formula is C48H39NO2. The molecule has 0 amide bonds. The van der Waals surface area contributed by atoms with Crippen molar-refractivity contribution in [3.05, 3.63) is 221 Å². The van der Waals surface area contributed by atoms with Gasteiger partial charge in [0.2, 0.25) is 0 Å². The van der Waals surface area contributed by atoms with Gasteiger partial charge in [0, 0.05) is 17.1 Å². The summed E-state index contributed by atoms with van der Waals surface area (Å²) < 4.78 is 10.8. The molecule has 0 fully saturated rings. The summed E-state index contributed by atoms with van der Waals surface area (Å²) in [6, 6.07) is 65.6. The molecule has 7 aromatic rings. The molecule has 0 unspecified atom stereocenters. The SMILES string of the molecule is COc1ccc(C(=Cc2ccc(N(c3ccccc3)c3ccc(C=C(c4ccccc4)c4ccc(OC)cc4)cc3)cc2)c2ccccc2)cc1. The second kappa shape index (κ2) is 15.8. The van der Waals surface area contributed by atoms with Crippen molar-refractivity contribution in [3.8, 4) is 11.5 Å². The number of nitrogens with zero attached hydrogens (tertiary/aromatic N) is 1. The van der Waals surface area contributed by atoms with Gasteiger partial charge in [0.05, 0.1) is 14.2 Å². The van der Waals surface area contributed by atoms with Gasteiger partial charge < -0.3 is 14.4 Å². The van der Waals surface area contributed by atoms with Gasteiger partial charge in [0.1, 0.15) is 11.5 Å². The zero-order valence-corrected chi connectivity index (χ0v) is 28.8. The van der Waals surface area contributed by atoms with Gasteiger partial charge in [0.25, 0.3) is 0 Å². The Labute approximate surface area is 301 Å². The fourth-order valence-corrected chi connectivity index (χ4v) is 6.24. The van der Waals surface area contributed by atoms with Gasteiger partial charge in [-0.3, -0.25) is 0 Å². The number of hydrogen-bond donors (Lipinski definition) is 0. The first-order chi connectivity index (χ1) is 25.2. The average molecular weight is 662 g/mol. The Hall–Kier alpha value is -6.58. The van der Waals surface area contributed by atoms with E-state index in [-0.39, 0.29) is 0 Å². The van der Waals surface area contributed by atoms with Gasteiger partial charge >= 0.3 is 0 Å². The van der Waals surface area contributed by atoms with E-state index in [0.717, 1.165) is 73.1 Å². The molecule has 3 heteroatoms. The Balaban J connectivity index is 1.23. The molecular weight excluding hydrogens is 623 g/mol. The van der Waals surface area contributed by atoms with Gasteiger partial charge in [0.15, 0.2) is 0 Å². The van der Waals surface area contributed by atoms with Crippen LogP contribution in [0.2, 0.25) is 0 Å². The number of ether oxygens (including phenoxy) is 2. The summed E-state index contributed by atoms with van der Waals surface area (Å²) in [5.41, 5.74) is 12.4. The van der Waals surface area contributed by atoms with Crippen LogP contribution in [0.15, 0.2) is 188 Å². The standard InChI is InChI=1S/C48H39NO2/c1-50-45-30-22-40(23-31-45)47(38-12-6-3-7-13-38)34-36-18-26-43(27-19-36)49(42-16-10-5-11-17-42)44-28-20-37(21-29-44)35-48(39-14-8-4-9-15-39)41-24-32-46(51-2)33-25-41/h3-35H,1-2H3. The summed E-state index contributed by atoms with van der Waals surface area (Å²) >= 11 is 0. The monoisotopic (exact) mass is 661 g/mol. The normalized spacial score (nSPS) is 11.6. The predicted molar refractivity (Wildman–Crippen MR) is 214 cm³/mol. The second-order valence-corrected chi connectivity index (χ2v) is 12.2. The van der Waals surface area contributed by atoms with Gasteiger partial charge in [-0.1, -0.05) is 127 Å². The molecule has 0 heterocycles. The molecule has 7 aromatic carbocycles. The van der Waals surface area contributed by atoms with Crippen LogP contribution in [0, 0.1) is 0 Å². The minimum atomic E-state index is 0.842. The highest BCUT2D eigenvalue weighted by Gasteiger charge is 2.13. The second-order valence-electron chi connectivity index (χ2n) is 12.2. The molecule has 0 atom stereocenters. The lowest BCUT2D eigenvalue weighted by Gasteiger charge is -2.25. The van der Waals surface area contributed by atoms with Crippen molar-refractivity contribution in [1.29, 1.82) is 0 Å². The third kappa shape index (κ3) is 7.85. The molecule has 0 spiro atoms. The largest absolute Gasteiger partial charge is 0.497 e. The van der Waals surface area contributed by atoms with Crippen molar-refractivity contribution < 1.29 is 9.47 Å². The van der Waals surface area contributed by atoms with E-state index < -0.39 is 0 Å². The maximum absolute atomic E-state index is 5.42. The molecule has 0 N–H and O–H groups in total. The average Bonchev–Trinajstić information content (AvgIpc) is 3.21. The Morgan fingerprint density at radius 3 is 1.02 bits per heavy atom. The molecule has 0 aromatic heterocycles. The van der Waals surface area contributed by atoms with E-state index in [2.05, 4.69) is 169 Å². The fraction of sp³-hybridized carbons (Fsp3) is 0.0417. The lowest BCUT2D eigenvalue weighted by atomic mass is 9.95. The van der Waals surface area contributed by atoms with E-state index in [4.69, 9.17) is 9.47 Å². The van der Waals surface area contributed by atoms with Crippen molar-refractivity contribution in [1.82, 2.24) is 0 Å². The predicted octanol–water partition coefficient (Wildman–Crippen LogP) is 12.4. The highest BCUT2D eigenvalue weighted by molar-refractivity contribution is 5.93. The van der Waals surface area contributed by atoms with Gasteiger partial charge in [-0.25, -0.2) is 0 Å². The Bertz CT molecular complexity index is 2060. The minimum absolute atomic E-state index is 0.842. The van der Waals surface area contributed by atoms with Crippen LogP contribution in [0.1, 0.15) is 33.4 Å². The fourth-order valence-electron chi connectivity index (χ4n) is 6.24. The maximum atomic E-state index is 5.42.